The monoisotopic (exact) mass is 102 g/mol. The fourth-order valence-corrected chi connectivity index (χ4v) is 0. The van der Waals surface area contributed by atoms with Crippen molar-refractivity contribution in [3.05, 3.63) is 0 Å². The van der Waals surface area contributed by atoms with Gasteiger partial charge in [0.15, 0.2) is 0 Å². The summed E-state index contributed by atoms with van der Waals surface area (Å²) >= 11 is 3.52. The van der Waals surface area contributed by atoms with Crippen LogP contribution < -0.4 is 29.6 Å². The zero-order valence-electron chi connectivity index (χ0n) is 4.47. The Morgan fingerprint density at radius 2 is 2.00 bits per heavy atom. The first-order valence-electron chi connectivity index (χ1n) is 1.09. The normalized spacial score (nSPS) is 12.6. The predicted octanol–water partition coefficient (Wildman–Crippen LogP) is -2.63. The fraction of sp³-hybridized carbons (Fsp3) is 1.00. The van der Waals surface area contributed by atoms with E-state index in [0.29, 0.717) is 0 Å². The molecule has 0 aromatic rings. The van der Waals surface area contributed by atoms with Crippen LogP contribution in [0, 0.1) is 0 Å². The number of aliphatic hydroxyl groups is 1. The van der Waals surface area contributed by atoms with E-state index < -0.39 is 5.44 Å². The Morgan fingerprint density at radius 3 is 2.00 bits per heavy atom. The zero-order chi connectivity index (χ0) is 3.58. The second-order valence-corrected chi connectivity index (χ2v) is 1.38. The van der Waals surface area contributed by atoms with Crippen molar-refractivity contribution < 1.29 is 36.1 Å². The molecular formula is C2H7NaOS. The molecule has 1 unspecified atom stereocenters. The van der Waals surface area contributed by atoms with E-state index in [0.717, 1.165) is 0 Å². The molecule has 0 aliphatic rings. The van der Waals surface area contributed by atoms with Crippen LogP contribution in [0.25, 0.3) is 0 Å². The second kappa shape index (κ2) is 5.31. The molecule has 0 fully saturated rings. The third kappa shape index (κ3) is 33.9. The Labute approximate surface area is 61.0 Å². The maximum atomic E-state index is 7.92. The van der Waals surface area contributed by atoms with Crippen LogP contribution in [-0.4, -0.2) is 10.5 Å². The van der Waals surface area contributed by atoms with Gasteiger partial charge in [0.1, 0.15) is 0 Å². The number of thiol groups is 1. The minimum absolute atomic E-state index is 0. The summed E-state index contributed by atoms with van der Waals surface area (Å²) in [5.74, 6) is 0. The molecule has 0 rings (SSSR count). The zero-order valence-corrected chi connectivity index (χ0v) is 6.37. The maximum absolute atomic E-state index is 7.92. The van der Waals surface area contributed by atoms with E-state index in [1.807, 2.05) is 0 Å². The van der Waals surface area contributed by atoms with Crippen LogP contribution in [0.2, 0.25) is 0 Å². The molecule has 1 nitrogen and oxygen atoms in total. The Balaban J connectivity index is -0.0000000450. The van der Waals surface area contributed by atoms with Gasteiger partial charge in [0.2, 0.25) is 0 Å². The van der Waals surface area contributed by atoms with Crippen molar-refractivity contribution in [2.24, 2.45) is 0 Å². The first-order valence-corrected chi connectivity index (χ1v) is 1.61. The molecule has 5 heavy (non-hydrogen) atoms. The van der Waals surface area contributed by atoms with E-state index in [4.69, 9.17) is 5.11 Å². The van der Waals surface area contributed by atoms with Gasteiger partial charge in [-0.1, -0.05) is 0 Å². The molecule has 0 aromatic carbocycles. The SMILES string of the molecule is CC(O)S.[H-].[Na+]. The van der Waals surface area contributed by atoms with E-state index in [-0.39, 0.29) is 31.0 Å². The van der Waals surface area contributed by atoms with Crippen LogP contribution in [0.15, 0.2) is 0 Å². The summed E-state index contributed by atoms with van der Waals surface area (Å²) in [4.78, 5) is 0. The molecule has 0 amide bonds. The summed E-state index contributed by atoms with van der Waals surface area (Å²) in [6.45, 7) is 1.59. The minimum atomic E-state index is -0.472. The molecule has 0 radical (unpaired) electrons. The van der Waals surface area contributed by atoms with E-state index in [1.165, 1.54) is 0 Å². The van der Waals surface area contributed by atoms with Gasteiger partial charge < -0.3 is 6.53 Å². The topological polar surface area (TPSA) is 20.2 Å². The Bertz CT molecular complexity index is 18.3. The molecule has 0 spiro atoms. The molecule has 0 aliphatic heterocycles. The van der Waals surface area contributed by atoms with Gasteiger partial charge in [0.25, 0.3) is 0 Å². The van der Waals surface area contributed by atoms with Gasteiger partial charge in [-0.3, -0.25) is 0 Å². The van der Waals surface area contributed by atoms with Crippen molar-refractivity contribution in [1.82, 2.24) is 0 Å². The van der Waals surface area contributed by atoms with Crippen molar-refractivity contribution in [3.63, 3.8) is 0 Å². The van der Waals surface area contributed by atoms with Crippen LogP contribution in [0.1, 0.15) is 8.35 Å². The molecule has 0 aromatic heterocycles. The Kier molecular flexibility index (Phi) is 10.2. The number of hydrogen-bond donors (Lipinski definition) is 2. The van der Waals surface area contributed by atoms with Crippen molar-refractivity contribution in [2.45, 2.75) is 12.4 Å². The van der Waals surface area contributed by atoms with Crippen molar-refractivity contribution in [1.29, 1.82) is 0 Å². The Hall–Kier alpha value is 1.31. The summed E-state index contributed by atoms with van der Waals surface area (Å²) in [7, 11) is 0. The third-order valence-electron chi connectivity index (χ3n) is 0. The Morgan fingerprint density at radius 1 is 2.00 bits per heavy atom. The molecule has 0 bridgehead atoms. The molecular weight excluding hydrogens is 95.1 g/mol. The molecule has 28 valence electrons. The van der Waals surface area contributed by atoms with E-state index >= 15 is 0 Å². The van der Waals surface area contributed by atoms with Gasteiger partial charge in [0, 0.05) is 0 Å². The van der Waals surface area contributed by atoms with Crippen LogP contribution in [-0.2, 0) is 0 Å². The summed E-state index contributed by atoms with van der Waals surface area (Å²) in [5, 5.41) is 7.92. The quantitative estimate of drug-likeness (QED) is 0.195. The average Bonchev–Trinajstić information content (AvgIpc) is 0.811. The van der Waals surface area contributed by atoms with Gasteiger partial charge >= 0.3 is 29.6 Å². The molecule has 0 saturated heterocycles. The van der Waals surface area contributed by atoms with E-state index in [1.54, 1.807) is 6.92 Å². The fourth-order valence-electron chi connectivity index (χ4n) is 0. The van der Waals surface area contributed by atoms with Gasteiger partial charge in [-0.05, 0) is 6.92 Å². The summed E-state index contributed by atoms with van der Waals surface area (Å²) in [5.41, 5.74) is -0.472. The number of hydrogen-bond acceptors (Lipinski definition) is 2. The van der Waals surface area contributed by atoms with Gasteiger partial charge in [-0.15, -0.1) is 12.6 Å². The smallest absolute Gasteiger partial charge is 1.00 e. The van der Waals surface area contributed by atoms with Crippen molar-refractivity contribution >= 4 is 12.6 Å². The molecule has 0 aliphatic carbocycles. The standard InChI is InChI=1S/C2H6OS.Na.H/c1-2(3)4;;/h2-4H,1H3;;/q;+1;-1. The van der Waals surface area contributed by atoms with Crippen molar-refractivity contribution in [3.8, 4) is 0 Å². The number of rotatable bonds is 0. The summed E-state index contributed by atoms with van der Waals surface area (Å²) in [6.07, 6.45) is 0. The van der Waals surface area contributed by atoms with Gasteiger partial charge in [-0.2, -0.15) is 0 Å². The first-order chi connectivity index (χ1) is 1.73. The summed E-state index contributed by atoms with van der Waals surface area (Å²) in [6, 6.07) is 0. The second-order valence-electron chi connectivity index (χ2n) is 0.632. The van der Waals surface area contributed by atoms with Crippen LogP contribution in [0.5, 0.6) is 0 Å². The van der Waals surface area contributed by atoms with E-state index in [2.05, 4.69) is 12.6 Å². The summed E-state index contributed by atoms with van der Waals surface area (Å²) < 4.78 is 0. The van der Waals surface area contributed by atoms with Crippen LogP contribution in [0.4, 0.5) is 0 Å². The number of aliphatic hydroxyl groups excluding tert-OH is 1. The molecule has 0 saturated carbocycles. The largest absolute Gasteiger partial charge is 1.00 e. The van der Waals surface area contributed by atoms with Gasteiger partial charge in [-0.25, -0.2) is 0 Å². The van der Waals surface area contributed by atoms with Gasteiger partial charge in [0.05, 0.1) is 5.44 Å². The predicted molar refractivity (Wildman–Crippen MR) is 21.8 cm³/mol. The first kappa shape index (κ1) is 9.58. The van der Waals surface area contributed by atoms with E-state index in [9.17, 15) is 0 Å². The molecule has 1 N–H and O–H groups in total. The third-order valence-corrected chi connectivity index (χ3v) is 0. The molecule has 3 heteroatoms. The average molecular weight is 102 g/mol. The van der Waals surface area contributed by atoms with Crippen LogP contribution >= 0.6 is 12.6 Å². The minimum Gasteiger partial charge on any atom is -1.00 e. The van der Waals surface area contributed by atoms with Crippen molar-refractivity contribution in [2.75, 3.05) is 0 Å². The maximum Gasteiger partial charge on any atom is 1.00 e. The molecule has 0 heterocycles. The molecule has 1 atom stereocenters. The van der Waals surface area contributed by atoms with Crippen LogP contribution in [0.3, 0.4) is 0 Å².